The number of nitrogens with one attached hydrogen (secondary N) is 1. The SMILES string of the molecule is Cc1ccc(C)c(OC(C)C(=O)NCCSCc2ccccc2Cl)c1. The molecule has 0 aliphatic heterocycles. The zero-order valence-corrected chi connectivity index (χ0v) is 16.4. The van der Waals surface area contributed by atoms with E-state index in [1.807, 2.05) is 56.3 Å². The third-order valence-corrected chi connectivity index (χ3v) is 5.15. The molecule has 1 atom stereocenters. The predicted octanol–water partition coefficient (Wildman–Crippen LogP) is 4.77. The number of hydrogen-bond donors (Lipinski definition) is 1. The van der Waals surface area contributed by atoms with Crippen LogP contribution in [0.2, 0.25) is 5.02 Å². The zero-order chi connectivity index (χ0) is 18.2. The van der Waals surface area contributed by atoms with Gasteiger partial charge < -0.3 is 10.1 Å². The van der Waals surface area contributed by atoms with Gasteiger partial charge in [-0.25, -0.2) is 0 Å². The topological polar surface area (TPSA) is 38.3 Å². The molecule has 1 amide bonds. The Morgan fingerprint density at radius 1 is 1.24 bits per heavy atom. The van der Waals surface area contributed by atoms with E-state index in [0.717, 1.165) is 39.0 Å². The molecule has 0 fully saturated rings. The summed E-state index contributed by atoms with van der Waals surface area (Å²) in [6.45, 7) is 6.36. The number of thioether (sulfide) groups is 1. The molecule has 0 heterocycles. The molecule has 0 radical (unpaired) electrons. The lowest BCUT2D eigenvalue weighted by Gasteiger charge is -2.16. The highest BCUT2D eigenvalue weighted by atomic mass is 35.5. The highest BCUT2D eigenvalue weighted by Crippen LogP contribution is 2.21. The van der Waals surface area contributed by atoms with Crippen LogP contribution < -0.4 is 10.1 Å². The van der Waals surface area contributed by atoms with E-state index in [1.54, 1.807) is 18.7 Å². The fraction of sp³-hybridized carbons (Fsp3) is 0.350. The highest BCUT2D eigenvalue weighted by molar-refractivity contribution is 7.98. The van der Waals surface area contributed by atoms with E-state index in [-0.39, 0.29) is 5.91 Å². The summed E-state index contributed by atoms with van der Waals surface area (Å²) < 4.78 is 5.79. The second-order valence-corrected chi connectivity index (χ2v) is 7.48. The van der Waals surface area contributed by atoms with Crippen molar-refractivity contribution in [3.8, 4) is 5.75 Å². The second-order valence-electron chi connectivity index (χ2n) is 5.96. The molecule has 0 aliphatic carbocycles. The first kappa shape index (κ1) is 19.7. The van der Waals surface area contributed by atoms with Crippen LogP contribution >= 0.6 is 23.4 Å². The van der Waals surface area contributed by atoms with Gasteiger partial charge in [-0.1, -0.05) is 41.9 Å². The first-order valence-electron chi connectivity index (χ1n) is 8.30. The lowest BCUT2D eigenvalue weighted by Crippen LogP contribution is -2.37. The van der Waals surface area contributed by atoms with E-state index >= 15 is 0 Å². The van der Waals surface area contributed by atoms with E-state index in [0.29, 0.717) is 6.54 Å². The van der Waals surface area contributed by atoms with Gasteiger partial charge in [0.15, 0.2) is 6.10 Å². The predicted molar refractivity (Wildman–Crippen MR) is 107 cm³/mol. The summed E-state index contributed by atoms with van der Waals surface area (Å²) in [6, 6.07) is 13.8. The van der Waals surface area contributed by atoms with Crippen LogP contribution in [0.1, 0.15) is 23.6 Å². The molecule has 0 aliphatic rings. The van der Waals surface area contributed by atoms with Crippen LogP contribution in [0.25, 0.3) is 0 Å². The van der Waals surface area contributed by atoms with E-state index < -0.39 is 6.10 Å². The van der Waals surface area contributed by atoms with Gasteiger partial charge in [0.25, 0.3) is 5.91 Å². The Hall–Kier alpha value is -1.65. The molecule has 0 spiro atoms. The Morgan fingerprint density at radius 3 is 2.76 bits per heavy atom. The molecular weight excluding hydrogens is 354 g/mol. The Kier molecular flexibility index (Phi) is 7.66. The number of amides is 1. The third-order valence-electron chi connectivity index (χ3n) is 3.78. The van der Waals surface area contributed by atoms with Gasteiger partial charge in [0, 0.05) is 23.1 Å². The van der Waals surface area contributed by atoms with Crippen molar-refractivity contribution in [2.24, 2.45) is 0 Å². The number of halogens is 1. The molecule has 5 heteroatoms. The number of ether oxygens (including phenoxy) is 1. The van der Waals surface area contributed by atoms with Gasteiger partial charge in [-0.05, 0) is 49.6 Å². The van der Waals surface area contributed by atoms with Crippen molar-refractivity contribution in [3.05, 3.63) is 64.2 Å². The number of aryl methyl sites for hydroxylation is 2. The Labute approximate surface area is 159 Å². The molecule has 2 aromatic rings. The third kappa shape index (κ3) is 6.29. The van der Waals surface area contributed by atoms with Gasteiger partial charge in [-0.15, -0.1) is 0 Å². The van der Waals surface area contributed by atoms with E-state index in [1.165, 1.54) is 0 Å². The molecular formula is C20H24ClNO2S. The summed E-state index contributed by atoms with van der Waals surface area (Å²) in [5.74, 6) is 2.33. The van der Waals surface area contributed by atoms with Crippen LogP contribution in [0.15, 0.2) is 42.5 Å². The van der Waals surface area contributed by atoms with Crippen molar-refractivity contribution < 1.29 is 9.53 Å². The number of rotatable bonds is 8. The van der Waals surface area contributed by atoms with Gasteiger partial charge in [0.1, 0.15) is 5.75 Å². The van der Waals surface area contributed by atoms with Crippen LogP contribution in [0.4, 0.5) is 0 Å². The largest absolute Gasteiger partial charge is 0.481 e. The fourth-order valence-corrected chi connectivity index (χ4v) is 3.41. The summed E-state index contributed by atoms with van der Waals surface area (Å²) in [5.41, 5.74) is 3.26. The Bertz CT molecular complexity index is 721. The van der Waals surface area contributed by atoms with Gasteiger partial charge in [0.05, 0.1) is 0 Å². The van der Waals surface area contributed by atoms with Crippen molar-refractivity contribution in [1.29, 1.82) is 0 Å². The molecule has 1 N–H and O–H groups in total. The van der Waals surface area contributed by atoms with Gasteiger partial charge >= 0.3 is 0 Å². The molecule has 134 valence electrons. The maximum absolute atomic E-state index is 12.2. The van der Waals surface area contributed by atoms with Crippen molar-refractivity contribution in [1.82, 2.24) is 5.32 Å². The number of carbonyl (C=O) groups excluding carboxylic acids is 1. The molecule has 2 aromatic carbocycles. The first-order valence-corrected chi connectivity index (χ1v) is 9.83. The van der Waals surface area contributed by atoms with Crippen LogP contribution in [0.5, 0.6) is 5.75 Å². The van der Waals surface area contributed by atoms with Crippen molar-refractivity contribution in [2.75, 3.05) is 12.3 Å². The summed E-state index contributed by atoms with van der Waals surface area (Å²) in [6.07, 6.45) is -0.519. The Balaban J connectivity index is 1.71. The summed E-state index contributed by atoms with van der Waals surface area (Å²) in [7, 11) is 0. The van der Waals surface area contributed by atoms with Crippen molar-refractivity contribution in [3.63, 3.8) is 0 Å². The lowest BCUT2D eigenvalue weighted by atomic mass is 10.1. The normalized spacial score (nSPS) is 11.8. The summed E-state index contributed by atoms with van der Waals surface area (Å²) >= 11 is 7.87. The summed E-state index contributed by atoms with van der Waals surface area (Å²) in [4.78, 5) is 12.2. The van der Waals surface area contributed by atoms with Gasteiger partial charge in [-0.2, -0.15) is 11.8 Å². The van der Waals surface area contributed by atoms with Crippen LogP contribution in [-0.2, 0) is 10.5 Å². The van der Waals surface area contributed by atoms with Crippen LogP contribution in [-0.4, -0.2) is 24.3 Å². The van der Waals surface area contributed by atoms with Crippen LogP contribution in [0.3, 0.4) is 0 Å². The lowest BCUT2D eigenvalue weighted by molar-refractivity contribution is -0.127. The van der Waals surface area contributed by atoms with E-state index in [4.69, 9.17) is 16.3 Å². The van der Waals surface area contributed by atoms with Crippen LogP contribution in [0, 0.1) is 13.8 Å². The summed E-state index contributed by atoms with van der Waals surface area (Å²) in [5, 5.41) is 3.71. The van der Waals surface area contributed by atoms with Gasteiger partial charge in [-0.3, -0.25) is 4.79 Å². The zero-order valence-electron chi connectivity index (χ0n) is 14.8. The molecule has 1 unspecified atom stereocenters. The average Bonchev–Trinajstić information content (AvgIpc) is 2.59. The van der Waals surface area contributed by atoms with E-state index in [9.17, 15) is 4.79 Å². The minimum atomic E-state index is -0.519. The number of carbonyl (C=O) groups is 1. The number of benzene rings is 2. The molecule has 0 aromatic heterocycles. The minimum Gasteiger partial charge on any atom is -0.481 e. The first-order chi connectivity index (χ1) is 12.0. The molecule has 0 bridgehead atoms. The second kappa shape index (κ2) is 9.73. The molecule has 0 saturated carbocycles. The van der Waals surface area contributed by atoms with E-state index in [2.05, 4.69) is 5.32 Å². The fourth-order valence-electron chi connectivity index (χ4n) is 2.27. The Morgan fingerprint density at radius 2 is 2.00 bits per heavy atom. The average molecular weight is 378 g/mol. The highest BCUT2D eigenvalue weighted by Gasteiger charge is 2.15. The molecule has 3 nitrogen and oxygen atoms in total. The monoisotopic (exact) mass is 377 g/mol. The van der Waals surface area contributed by atoms with Gasteiger partial charge in [0.2, 0.25) is 0 Å². The molecule has 25 heavy (non-hydrogen) atoms. The molecule has 0 saturated heterocycles. The van der Waals surface area contributed by atoms with Crippen molar-refractivity contribution >= 4 is 29.3 Å². The standard InChI is InChI=1S/C20H24ClNO2S/c1-14-8-9-15(2)19(12-14)24-16(3)20(23)22-10-11-25-13-17-6-4-5-7-18(17)21/h4-9,12,16H,10-11,13H2,1-3H3,(H,22,23). The quantitative estimate of drug-likeness (QED) is 0.673. The molecule has 2 rings (SSSR count). The van der Waals surface area contributed by atoms with Crippen molar-refractivity contribution in [2.45, 2.75) is 32.6 Å². The maximum Gasteiger partial charge on any atom is 0.260 e. The number of hydrogen-bond acceptors (Lipinski definition) is 3. The maximum atomic E-state index is 12.2. The minimum absolute atomic E-state index is 0.0979. The smallest absolute Gasteiger partial charge is 0.260 e.